The van der Waals surface area contributed by atoms with Gasteiger partial charge in [-0.15, -0.1) is 0 Å². The molecule has 2 aromatic rings. The molecule has 0 aliphatic carbocycles. The molecule has 0 atom stereocenters. The summed E-state index contributed by atoms with van der Waals surface area (Å²) in [7, 11) is 4.34. The van der Waals surface area contributed by atoms with Gasteiger partial charge in [-0.05, 0) is 30.3 Å². The van der Waals surface area contributed by atoms with Gasteiger partial charge in [0.25, 0.3) is 0 Å². The number of hydrogen-bond donors (Lipinski definition) is 0. The zero-order chi connectivity index (χ0) is 19.4. The van der Waals surface area contributed by atoms with Gasteiger partial charge >= 0.3 is 5.97 Å². The molecule has 0 saturated carbocycles. The van der Waals surface area contributed by atoms with Gasteiger partial charge in [0, 0.05) is 16.7 Å². The molecular formula is C21H17NO5. The molecule has 0 unspecified atom stereocenters. The highest BCUT2D eigenvalue weighted by molar-refractivity contribution is 6.06. The van der Waals surface area contributed by atoms with Gasteiger partial charge in [-0.3, -0.25) is 0 Å². The summed E-state index contributed by atoms with van der Waals surface area (Å²) in [6, 6.07) is 14.5. The molecule has 0 N–H and O–H groups in total. The van der Waals surface area contributed by atoms with E-state index in [2.05, 4.69) is 0 Å². The van der Waals surface area contributed by atoms with Crippen LogP contribution in [0.15, 0.2) is 54.1 Å². The lowest BCUT2D eigenvalue weighted by Crippen LogP contribution is -2.10. The largest absolute Gasteiger partial charge is 0.493 e. The topological polar surface area (TPSA) is 77.8 Å². The van der Waals surface area contributed by atoms with Crippen LogP contribution in [0.2, 0.25) is 0 Å². The van der Waals surface area contributed by atoms with E-state index in [1.54, 1.807) is 44.6 Å². The standard InChI is InChI=1S/C21H17NO5/c1-24-18-9-8-13(10-20(18)25-2)19-11-15(16(12-22)21(23)26-3)14-6-4-5-7-17(14)27-19/h4-11H,1-3H3/b16-15-. The highest BCUT2D eigenvalue weighted by atomic mass is 16.5. The van der Waals surface area contributed by atoms with Gasteiger partial charge in [-0.2, -0.15) is 5.26 Å². The average Bonchev–Trinajstić information content (AvgIpc) is 2.73. The second-order valence-corrected chi connectivity index (χ2v) is 5.57. The second-order valence-electron chi connectivity index (χ2n) is 5.57. The van der Waals surface area contributed by atoms with Crippen LogP contribution in [-0.4, -0.2) is 27.3 Å². The third-order valence-electron chi connectivity index (χ3n) is 4.11. The summed E-state index contributed by atoms with van der Waals surface area (Å²) >= 11 is 0. The number of allylic oxidation sites excluding steroid dienone is 2. The number of benzene rings is 2. The summed E-state index contributed by atoms with van der Waals surface area (Å²) in [6.07, 6.45) is 1.65. The molecule has 0 saturated heterocycles. The lowest BCUT2D eigenvalue weighted by molar-refractivity contribution is -0.135. The van der Waals surface area contributed by atoms with Crippen molar-refractivity contribution in [3.05, 3.63) is 65.2 Å². The van der Waals surface area contributed by atoms with Crippen LogP contribution >= 0.6 is 0 Å². The lowest BCUT2D eigenvalue weighted by atomic mass is 9.95. The van der Waals surface area contributed by atoms with Gasteiger partial charge in [0.15, 0.2) is 11.5 Å². The van der Waals surface area contributed by atoms with Crippen LogP contribution in [0.4, 0.5) is 0 Å². The van der Waals surface area contributed by atoms with Crippen molar-refractivity contribution in [3.8, 4) is 23.3 Å². The number of methoxy groups -OCH3 is 3. The van der Waals surface area contributed by atoms with Gasteiger partial charge in [0.1, 0.15) is 23.2 Å². The minimum atomic E-state index is -0.702. The van der Waals surface area contributed by atoms with Crippen LogP contribution in [-0.2, 0) is 9.53 Å². The van der Waals surface area contributed by atoms with E-state index < -0.39 is 5.97 Å². The van der Waals surface area contributed by atoms with Gasteiger partial charge < -0.3 is 18.9 Å². The average molecular weight is 363 g/mol. The lowest BCUT2D eigenvalue weighted by Gasteiger charge is -2.21. The molecule has 6 heteroatoms. The maximum absolute atomic E-state index is 12.1. The minimum absolute atomic E-state index is 0.0915. The maximum atomic E-state index is 12.1. The predicted octanol–water partition coefficient (Wildman–Crippen LogP) is 3.59. The van der Waals surface area contributed by atoms with E-state index >= 15 is 0 Å². The number of fused-ring (bicyclic) bond motifs is 1. The molecule has 1 aliphatic heterocycles. The first-order valence-electron chi connectivity index (χ1n) is 8.07. The van der Waals surface area contributed by atoms with E-state index in [1.807, 2.05) is 24.3 Å². The monoisotopic (exact) mass is 363 g/mol. The summed E-state index contributed by atoms with van der Waals surface area (Å²) < 4.78 is 21.4. The van der Waals surface area contributed by atoms with Crippen LogP contribution in [0.25, 0.3) is 11.3 Å². The minimum Gasteiger partial charge on any atom is -0.493 e. The molecule has 2 aromatic carbocycles. The molecule has 0 aromatic heterocycles. The van der Waals surface area contributed by atoms with Gasteiger partial charge in [0.05, 0.1) is 21.3 Å². The Labute approximate surface area is 156 Å². The molecule has 0 bridgehead atoms. The van der Waals surface area contributed by atoms with Crippen molar-refractivity contribution in [3.63, 3.8) is 0 Å². The number of esters is 1. The zero-order valence-electron chi connectivity index (χ0n) is 15.1. The number of ether oxygens (including phenoxy) is 4. The Morgan fingerprint density at radius 1 is 1.04 bits per heavy atom. The van der Waals surface area contributed by atoms with Crippen molar-refractivity contribution in [2.75, 3.05) is 21.3 Å². The molecule has 6 nitrogen and oxygen atoms in total. The number of nitriles is 1. The first kappa shape index (κ1) is 18.1. The van der Waals surface area contributed by atoms with Crippen LogP contribution in [0.1, 0.15) is 11.1 Å². The van der Waals surface area contributed by atoms with Crippen molar-refractivity contribution in [1.82, 2.24) is 0 Å². The van der Waals surface area contributed by atoms with Gasteiger partial charge in [0.2, 0.25) is 0 Å². The molecule has 0 spiro atoms. The smallest absolute Gasteiger partial charge is 0.349 e. The third-order valence-corrected chi connectivity index (χ3v) is 4.11. The quantitative estimate of drug-likeness (QED) is 0.469. The van der Waals surface area contributed by atoms with Crippen LogP contribution < -0.4 is 14.2 Å². The Bertz CT molecular complexity index is 998. The molecule has 27 heavy (non-hydrogen) atoms. The van der Waals surface area contributed by atoms with Crippen LogP contribution in [0, 0.1) is 11.3 Å². The van der Waals surface area contributed by atoms with E-state index in [0.29, 0.717) is 39.7 Å². The Hall–Kier alpha value is -3.72. The Morgan fingerprint density at radius 2 is 1.78 bits per heavy atom. The van der Waals surface area contributed by atoms with Crippen molar-refractivity contribution < 1.29 is 23.7 Å². The highest BCUT2D eigenvalue weighted by Crippen LogP contribution is 2.40. The number of nitrogens with zero attached hydrogens (tertiary/aromatic N) is 1. The number of hydrogen-bond acceptors (Lipinski definition) is 6. The number of carbonyl (C=O) groups is 1. The number of rotatable bonds is 4. The molecule has 1 heterocycles. The molecule has 1 aliphatic rings. The van der Waals surface area contributed by atoms with Crippen LogP contribution in [0.5, 0.6) is 17.2 Å². The summed E-state index contributed by atoms with van der Waals surface area (Å²) in [5.74, 6) is 1.43. The van der Waals surface area contributed by atoms with E-state index in [9.17, 15) is 10.1 Å². The second kappa shape index (κ2) is 7.67. The van der Waals surface area contributed by atoms with Crippen molar-refractivity contribution in [2.45, 2.75) is 0 Å². The molecule has 136 valence electrons. The first-order chi connectivity index (χ1) is 13.1. The normalized spacial score (nSPS) is 14.1. The molecular weight excluding hydrogens is 346 g/mol. The summed E-state index contributed by atoms with van der Waals surface area (Å²) in [6.45, 7) is 0. The van der Waals surface area contributed by atoms with E-state index in [0.717, 1.165) is 0 Å². The van der Waals surface area contributed by atoms with E-state index in [-0.39, 0.29) is 5.57 Å². The van der Waals surface area contributed by atoms with Crippen molar-refractivity contribution in [1.29, 1.82) is 5.26 Å². The van der Waals surface area contributed by atoms with Crippen molar-refractivity contribution >= 4 is 17.3 Å². The highest BCUT2D eigenvalue weighted by Gasteiger charge is 2.24. The Kier molecular flexibility index (Phi) is 5.13. The van der Waals surface area contributed by atoms with Crippen molar-refractivity contribution in [2.24, 2.45) is 0 Å². The van der Waals surface area contributed by atoms with Gasteiger partial charge in [-0.1, -0.05) is 18.2 Å². The third kappa shape index (κ3) is 3.35. The SMILES string of the molecule is COC(=O)/C(C#N)=C1/C=C(c2ccc(OC)c(OC)c2)Oc2ccccc21. The zero-order valence-corrected chi connectivity index (χ0v) is 15.1. The first-order valence-corrected chi connectivity index (χ1v) is 8.07. The fraction of sp³-hybridized carbons (Fsp3) is 0.143. The molecule has 0 radical (unpaired) electrons. The Morgan fingerprint density at radius 3 is 2.44 bits per heavy atom. The summed E-state index contributed by atoms with van der Waals surface area (Å²) in [4.78, 5) is 12.1. The summed E-state index contributed by atoms with van der Waals surface area (Å²) in [5, 5.41) is 9.50. The molecule has 0 fully saturated rings. The fourth-order valence-corrected chi connectivity index (χ4v) is 2.79. The molecule has 3 rings (SSSR count). The molecule has 0 amide bonds. The number of para-hydroxylation sites is 1. The number of carbonyl (C=O) groups excluding carboxylic acids is 1. The predicted molar refractivity (Wildman–Crippen MR) is 99.1 cm³/mol. The fourth-order valence-electron chi connectivity index (χ4n) is 2.79. The van der Waals surface area contributed by atoms with Crippen LogP contribution in [0.3, 0.4) is 0 Å². The van der Waals surface area contributed by atoms with Gasteiger partial charge in [-0.25, -0.2) is 4.79 Å². The maximum Gasteiger partial charge on any atom is 0.349 e. The van der Waals surface area contributed by atoms with E-state index in [4.69, 9.17) is 18.9 Å². The van der Waals surface area contributed by atoms with E-state index in [1.165, 1.54) is 7.11 Å². The summed E-state index contributed by atoms with van der Waals surface area (Å²) in [5.41, 5.74) is 1.70. The Balaban J connectivity index is 2.20.